The quantitative estimate of drug-likeness (QED) is 0.129. The summed E-state index contributed by atoms with van der Waals surface area (Å²) in [5, 5.41) is 13.4. The molecule has 0 spiro atoms. The molecule has 4 rings (SSSR count). The lowest BCUT2D eigenvalue weighted by molar-refractivity contribution is -0.385. The average molecular weight is 504 g/mol. The number of carbonyl (C=O) groups excluding carboxylic acids is 2. The first-order chi connectivity index (χ1) is 17.2. The summed E-state index contributed by atoms with van der Waals surface area (Å²) in [5.41, 5.74) is 3.15. The number of hydrogen-bond donors (Lipinski definition) is 1. The molecule has 182 valence electrons. The van der Waals surface area contributed by atoms with Crippen molar-refractivity contribution in [2.45, 2.75) is 13.8 Å². The number of aryl methyl sites for hydroxylation is 1. The van der Waals surface area contributed by atoms with E-state index in [1.165, 1.54) is 23.1 Å². The summed E-state index contributed by atoms with van der Waals surface area (Å²) < 4.78 is 7.66. The van der Waals surface area contributed by atoms with Crippen molar-refractivity contribution < 1.29 is 19.2 Å². The molecule has 10 nitrogen and oxygen atoms in total. The predicted octanol–water partition coefficient (Wildman–Crippen LogP) is 4.00. The molecular formula is C25H21N5O5S. The molecule has 11 heteroatoms. The van der Waals surface area contributed by atoms with Crippen LogP contribution in [0.2, 0.25) is 0 Å². The minimum Gasteiger partial charge on any atom is -0.439 e. The number of amides is 2. The minimum absolute atomic E-state index is 0.00922. The molecule has 2 amide bonds. The predicted molar refractivity (Wildman–Crippen MR) is 137 cm³/mol. The van der Waals surface area contributed by atoms with Gasteiger partial charge in [-0.15, -0.1) is 6.58 Å². The SMILES string of the molecule is C=CCN1C(=O)C(=Cc2cc(C)n(-c3ccc(Oc4ccc([N+](=O)[O-])cn4)cc3)c2C)C(=O)NC1=S. The lowest BCUT2D eigenvalue weighted by atomic mass is 10.1. The number of nitrogens with zero attached hydrogens (tertiary/aromatic N) is 4. The van der Waals surface area contributed by atoms with Gasteiger partial charge < -0.3 is 9.30 Å². The van der Waals surface area contributed by atoms with E-state index in [0.29, 0.717) is 11.3 Å². The van der Waals surface area contributed by atoms with Gasteiger partial charge >= 0.3 is 0 Å². The lowest BCUT2D eigenvalue weighted by Crippen LogP contribution is -2.53. The molecule has 1 aliphatic rings. The van der Waals surface area contributed by atoms with Crippen LogP contribution in [-0.2, 0) is 9.59 Å². The number of thiocarbonyl (C=S) groups is 1. The summed E-state index contributed by atoms with van der Waals surface area (Å²) in [4.78, 5) is 40.8. The van der Waals surface area contributed by atoms with E-state index in [0.717, 1.165) is 23.3 Å². The molecule has 2 aromatic heterocycles. The first-order valence-electron chi connectivity index (χ1n) is 10.8. The molecule has 0 aliphatic carbocycles. The van der Waals surface area contributed by atoms with Crippen molar-refractivity contribution in [2.75, 3.05) is 6.54 Å². The van der Waals surface area contributed by atoms with Crippen molar-refractivity contribution in [3.05, 3.63) is 94.0 Å². The Bertz CT molecular complexity index is 1420. The smallest absolute Gasteiger partial charge is 0.287 e. The van der Waals surface area contributed by atoms with Gasteiger partial charge in [0.1, 0.15) is 17.5 Å². The zero-order valence-electron chi connectivity index (χ0n) is 19.4. The number of aromatic nitrogens is 2. The molecule has 1 saturated heterocycles. The van der Waals surface area contributed by atoms with E-state index in [9.17, 15) is 19.7 Å². The van der Waals surface area contributed by atoms with Crippen LogP contribution < -0.4 is 10.1 Å². The standard InChI is InChI=1S/C25H21N5O5S/c1-4-11-28-24(32)21(23(31)27-25(28)36)13-17-12-15(2)29(16(17)3)18-5-8-20(9-6-18)35-22-10-7-19(14-26-22)30(33)34/h4-10,12-14H,1,11H2,2-3H3,(H,27,31,36). The Labute approximate surface area is 211 Å². The van der Waals surface area contributed by atoms with Gasteiger partial charge in [0.15, 0.2) is 5.11 Å². The fourth-order valence-corrected chi connectivity index (χ4v) is 4.05. The highest BCUT2D eigenvalue weighted by atomic mass is 32.1. The molecular weight excluding hydrogens is 482 g/mol. The van der Waals surface area contributed by atoms with Crippen molar-refractivity contribution >= 4 is 40.9 Å². The first-order valence-corrected chi connectivity index (χ1v) is 11.2. The van der Waals surface area contributed by atoms with E-state index in [2.05, 4.69) is 16.9 Å². The molecule has 0 radical (unpaired) electrons. The molecule has 1 N–H and O–H groups in total. The van der Waals surface area contributed by atoms with Crippen molar-refractivity contribution in [3.63, 3.8) is 0 Å². The van der Waals surface area contributed by atoms with E-state index in [-0.39, 0.29) is 28.8 Å². The summed E-state index contributed by atoms with van der Waals surface area (Å²) in [6.45, 7) is 7.63. The molecule has 1 fully saturated rings. The van der Waals surface area contributed by atoms with Gasteiger partial charge in [-0.3, -0.25) is 29.9 Å². The highest BCUT2D eigenvalue weighted by molar-refractivity contribution is 7.80. The van der Waals surface area contributed by atoms with Crippen LogP contribution >= 0.6 is 12.2 Å². The van der Waals surface area contributed by atoms with Crippen LogP contribution in [0.1, 0.15) is 17.0 Å². The van der Waals surface area contributed by atoms with Crippen molar-refractivity contribution in [3.8, 4) is 17.3 Å². The maximum absolute atomic E-state index is 12.9. The Balaban J connectivity index is 1.59. The fourth-order valence-electron chi connectivity index (χ4n) is 3.80. The third kappa shape index (κ3) is 4.77. The number of hydrogen-bond acceptors (Lipinski definition) is 7. The normalized spacial score (nSPS) is 14.7. The summed E-state index contributed by atoms with van der Waals surface area (Å²) in [6.07, 6.45) is 4.23. The monoisotopic (exact) mass is 503 g/mol. The number of ether oxygens (including phenoxy) is 1. The van der Waals surface area contributed by atoms with E-state index in [1.807, 2.05) is 36.6 Å². The molecule has 0 unspecified atom stereocenters. The number of benzene rings is 1. The van der Waals surface area contributed by atoms with Gasteiger partial charge in [0.25, 0.3) is 17.5 Å². The Morgan fingerprint density at radius 2 is 1.92 bits per heavy atom. The van der Waals surface area contributed by atoms with Gasteiger partial charge in [-0.25, -0.2) is 4.98 Å². The number of carbonyl (C=O) groups is 2. The highest BCUT2D eigenvalue weighted by Crippen LogP contribution is 2.27. The van der Waals surface area contributed by atoms with Gasteiger partial charge in [-0.1, -0.05) is 6.08 Å². The zero-order chi connectivity index (χ0) is 26.0. The Morgan fingerprint density at radius 3 is 2.53 bits per heavy atom. The van der Waals surface area contributed by atoms with Gasteiger partial charge in [0, 0.05) is 35.8 Å². The van der Waals surface area contributed by atoms with Crippen LogP contribution in [0.4, 0.5) is 5.69 Å². The molecule has 1 aliphatic heterocycles. The zero-order valence-corrected chi connectivity index (χ0v) is 20.2. The summed E-state index contributed by atoms with van der Waals surface area (Å²) >= 11 is 5.10. The number of nitro groups is 1. The first kappa shape index (κ1) is 24.5. The fraction of sp³-hybridized carbons (Fsp3) is 0.120. The molecule has 3 aromatic rings. The number of pyridine rings is 1. The topological polar surface area (TPSA) is 120 Å². The average Bonchev–Trinajstić information content (AvgIpc) is 3.13. The van der Waals surface area contributed by atoms with Gasteiger partial charge in [0.05, 0.1) is 4.92 Å². The van der Waals surface area contributed by atoms with Crippen LogP contribution in [0.15, 0.2) is 66.9 Å². The summed E-state index contributed by atoms with van der Waals surface area (Å²) in [6, 6.07) is 11.8. The molecule has 3 heterocycles. The van der Waals surface area contributed by atoms with Crippen molar-refractivity contribution in [1.82, 2.24) is 19.8 Å². The molecule has 1 aromatic carbocycles. The van der Waals surface area contributed by atoms with Gasteiger partial charge in [-0.2, -0.15) is 0 Å². The van der Waals surface area contributed by atoms with Gasteiger partial charge in [0.2, 0.25) is 5.88 Å². The number of nitrogens with one attached hydrogen (secondary N) is 1. The highest BCUT2D eigenvalue weighted by Gasteiger charge is 2.32. The molecule has 0 bridgehead atoms. The van der Waals surface area contributed by atoms with E-state index in [1.54, 1.807) is 18.2 Å². The second-order valence-electron chi connectivity index (χ2n) is 7.89. The molecule has 36 heavy (non-hydrogen) atoms. The minimum atomic E-state index is -0.545. The largest absolute Gasteiger partial charge is 0.439 e. The van der Waals surface area contributed by atoms with Gasteiger partial charge in [-0.05, 0) is 68.0 Å². The number of rotatable bonds is 7. The second kappa shape index (κ2) is 9.92. The summed E-state index contributed by atoms with van der Waals surface area (Å²) in [5.74, 6) is -0.282. The van der Waals surface area contributed by atoms with Crippen LogP contribution in [0.5, 0.6) is 11.6 Å². The third-order valence-corrected chi connectivity index (χ3v) is 5.84. The summed E-state index contributed by atoms with van der Waals surface area (Å²) in [7, 11) is 0. The van der Waals surface area contributed by atoms with Crippen LogP contribution in [0.25, 0.3) is 11.8 Å². The van der Waals surface area contributed by atoms with Crippen molar-refractivity contribution in [1.29, 1.82) is 0 Å². The van der Waals surface area contributed by atoms with Crippen LogP contribution in [0, 0.1) is 24.0 Å². The second-order valence-corrected chi connectivity index (χ2v) is 8.28. The maximum atomic E-state index is 12.9. The van der Waals surface area contributed by atoms with E-state index < -0.39 is 16.7 Å². The lowest BCUT2D eigenvalue weighted by Gasteiger charge is -2.27. The molecule has 0 saturated carbocycles. The Hall–Kier alpha value is -4.64. The van der Waals surface area contributed by atoms with E-state index >= 15 is 0 Å². The Kier molecular flexibility index (Phi) is 6.75. The maximum Gasteiger partial charge on any atom is 0.287 e. The Morgan fingerprint density at radius 1 is 1.19 bits per heavy atom. The van der Waals surface area contributed by atoms with Crippen LogP contribution in [0.3, 0.4) is 0 Å². The molecule has 0 atom stereocenters. The van der Waals surface area contributed by atoms with Crippen LogP contribution in [-0.4, -0.2) is 42.8 Å². The van der Waals surface area contributed by atoms with E-state index in [4.69, 9.17) is 17.0 Å². The third-order valence-electron chi connectivity index (χ3n) is 5.52. The van der Waals surface area contributed by atoms with Crippen molar-refractivity contribution in [2.24, 2.45) is 0 Å².